The number of thiazole rings is 1. The SMILES string of the molecule is Nc1nc(Nc2ccc(S(=O)(=O)NCCc3ccc(F)cc3)cc2)sc1C(=O)c1c(F)cccc1F. The second kappa shape index (κ2) is 10.5. The van der Waals surface area contributed by atoms with Crippen LogP contribution in [-0.2, 0) is 16.4 Å². The molecule has 1 aromatic heterocycles. The molecule has 0 atom stereocenters. The first kappa shape index (κ1) is 25.4. The molecular weight excluding hydrogens is 513 g/mol. The molecule has 0 fully saturated rings. The Hall–Kier alpha value is -3.74. The van der Waals surface area contributed by atoms with Crippen molar-refractivity contribution in [2.24, 2.45) is 0 Å². The summed E-state index contributed by atoms with van der Waals surface area (Å²) in [6.07, 6.45) is 0.391. The quantitative estimate of drug-likeness (QED) is 0.271. The number of hydrogen-bond acceptors (Lipinski definition) is 7. The van der Waals surface area contributed by atoms with Crippen LogP contribution in [0.2, 0.25) is 0 Å². The molecule has 186 valence electrons. The largest absolute Gasteiger partial charge is 0.382 e. The van der Waals surface area contributed by atoms with Crippen molar-refractivity contribution in [3.05, 3.63) is 100 Å². The zero-order valence-electron chi connectivity index (χ0n) is 18.5. The van der Waals surface area contributed by atoms with Gasteiger partial charge in [-0.25, -0.2) is 31.3 Å². The molecule has 1 heterocycles. The third-order valence-electron chi connectivity index (χ3n) is 5.08. The predicted octanol–water partition coefficient (Wildman–Crippen LogP) is 4.64. The van der Waals surface area contributed by atoms with Gasteiger partial charge in [0.2, 0.25) is 15.8 Å². The van der Waals surface area contributed by atoms with Gasteiger partial charge in [-0.2, -0.15) is 0 Å². The maximum atomic E-state index is 14.0. The molecule has 0 aliphatic heterocycles. The summed E-state index contributed by atoms with van der Waals surface area (Å²) < 4.78 is 68.5. The summed E-state index contributed by atoms with van der Waals surface area (Å²) in [5.41, 5.74) is 6.31. The van der Waals surface area contributed by atoms with Gasteiger partial charge in [0.25, 0.3) is 0 Å². The number of benzene rings is 3. The van der Waals surface area contributed by atoms with Gasteiger partial charge < -0.3 is 11.1 Å². The van der Waals surface area contributed by atoms with Crippen molar-refractivity contribution in [2.45, 2.75) is 11.3 Å². The van der Waals surface area contributed by atoms with Crippen LogP contribution >= 0.6 is 11.3 Å². The van der Waals surface area contributed by atoms with E-state index in [1.807, 2.05) is 0 Å². The molecule has 3 aromatic carbocycles. The molecule has 4 rings (SSSR count). The fraction of sp³-hybridized carbons (Fsp3) is 0.0833. The minimum Gasteiger partial charge on any atom is -0.382 e. The first-order valence-corrected chi connectivity index (χ1v) is 12.8. The van der Waals surface area contributed by atoms with Crippen LogP contribution in [0.25, 0.3) is 0 Å². The van der Waals surface area contributed by atoms with Gasteiger partial charge in [0.1, 0.15) is 28.1 Å². The van der Waals surface area contributed by atoms with Gasteiger partial charge in [0.15, 0.2) is 5.13 Å². The highest BCUT2D eigenvalue weighted by atomic mass is 32.2. The zero-order chi connectivity index (χ0) is 25.9. The lowest BCUT2D eigenvalue weighted by atomic mass is 10.1. The highest BCUT2D eigenvalue weighted by Crippen LogP contribution is 2.31. The number of sulfonamides is 1. The summed E-state index contributed by atoms with van der Waals surface area (Å²) in [5.74, 6) is -3.51. The Bertz CT molecular complexity index is 1490. The fourth-order valence-corrected chi connectivity index (χ4v) is 5.16. The van der Waals surface area contributed by atoms with Crippen LogP contribution < -0.4 is 15.8 Å². The second-order valence-electron chi connectivity index (χ2n) is 7.58. The maximum Gasteiger partial charge on any atom is 0.240 e. The molecule has 0 saturated carbocycles. The van der Waals surface area contributed by atoms with E-state index in [0.29, 0.717) is 12.1 Å². The van der Waals surface area contributed by atoms with Crippen molar-refractivity contribution in [2.75, 3.05) is 17.6 Å². The number of ketones is 1. The van der Waals surface area contributed by atoms with Crippen molar-refractivity contribution in [1.82, 2.24) is 9.71 Å². The Labute approximate surface area is 208 Å². The monoisotopic (exact) mass is 532 g/mol. The number of nitrogens with zero attached hydrogens (tertiary/aromatic N) is 1. The van der Waals surface area contributed by atoms with Crippen LogP contribution in [-0.4, -0.2) is 25.7 Å². The van der Waals surface area contributed by atoms with Crippen molar-refractivity contribution in [3.63, 3.8) is 0 Å². The van der Waals surface area contributed by atoms with E-state index in [9.17, 15) is 26.4 Å². The highest BCUT2D eigenvalue weighted by Gasteiger charge is 2.24. The molecule has 12 heteroatoms. The zero-order valence-corrected chi connectivity index (χ0v) is 20.1. The lowest BCUT2D eigenvalue weighted by molar-refractivity contribution is 0.103. The van der Waals surface area contributed by atoms with E-state index in [0.717, 1.165) is 35.1 Å². The van der Waals surface area contributed by atoms with Gasteiger partial charge >= 0.3 is 0 Å². The number of nitrogens with two attached hydrogens (primary N) is 1. The molecule has 4 N–H and O–H groups in total. The van der Waals surface area contributed by atoms with Gasteiger partial charge in [-0.15, -0.1) is 0 Å². The first-order valence-electron chi connectivity index (χ1n) is 10.5. The minimum atomic E-state index is -3.78. The van der Waals surface area contributed by atoms with Crippen LogP contribution in [0.4, 0.5) is 29.8 Å². The third kappa shape index (κ3) is 5.73. The number of carbonyl (C=O) groups excluding carboxylic acids is 1. The van der Waals surface area contributed by atoms with Crippen LogP contribution in [0.15, 0.2) is 71.6 Å². The number of anilines is 3. The van der Waals surface area contributed by atoms with E-state index in [1.54, 1.807) is 12.1 Å². The van der Waals surface area contributed by atoms with E-state index < -0.39 is 33.0 Å². The van der Waals surface area contributed by atoms with Gasteiger partial charge in [0, 0.05) is 12.2 Å². The molecule has 7 nitrogen and oxygen atoms in total. The topological polar surface area (TPSA) is 114 Å². The highest BCUT2D eigenvalue weighted by molar-refractivity contribution is 7.89. The first-order chi connectivity index (χ1) is 17.1. The summed E-state index contributed by atoms with van der Waals surface area (Å²) in [5, 5.41) is 3.07. The molecule has 0 saturated heterocycles. The van der Waals surface area contributed by atoms with Crippen molar-refractivity contribution in [3.8, 4) is 0 Å². The third-order valence-corrected chi connectivity index (χ3v) is 7.55. The molecular formula is C24H19F3N4O3S2. The number of carbonyl (C=O) groups is 1. The molecule has 0 unspecified atom stereocenters. The standard InChI is InChI=1S/C24H19F3N4O3S2/c25-15-6-4-14(5-7-15)12-13-29-36(33,34)17-10-8-16(9-11-17)30-24-31-23(28)22(35-24)21(32)20-18(26)2-1-3-19(20)27/h1-11,29H,12-13,28H2,(H,30,31). The van der Waals surface area contributed by atoms with Crippen molar-refractivity contribution < 1.29 is 26.4 Å². The number of aromatic nitrogens is 1. The van der Waals surface area contributed by atoms with Gasteiger partial charge in [-0.05, 0) is 60.5 Å². The summed E-state index contributed by atoms with van der Waals surface area (Å²) in [4.78, 5) is 16.5. The van der Waals surface area contributed by atoms with Gasteiger partial charge in [0.05, 0.1) is 10.5 Å². The lowest BCUT2D eigenvalue weighted by Crippen LogP contribution is -2.26. The van der Waals surface area contributed by atoms with Crippen molar-refractivity contribution in [1.29, 1.82) is 0 Å². The molecule has 0 radical (unpaired) electrons. The number of halogens is 3. The molecule has 36 heavy (non-hydrogen) atoms. The number of nitrogens with one attached hydrogen (secondary N) is 2. The Morgan fingerprint density at radius 3 is 2.22 bits per heavy atom. The molecule has 4 aromatic rings. The average Bonchev–Trinajstić information content (AvgIpc) is 3.20. The van der Waals surface area contributed by atoms with E-state index >= 15 is 0 Å². The average molecular weight is 533 g/mol. The van der Waals surface area contributed by atoms with Crippen molar-refractivity contribution >= 4 is 43.8 Å². The molecule has 0 aliphatic rings. The number of hydrogen-bond donors (Lipinski definition) is 3. The van der Waals surface area contributed by atoms with Crippen LogP contribution in [0.3, 0.4) is 0 Å². The summed E-state index contributed by atoms with van der Waals surface area (Å²) >= 11 is 0.810. The molecule has 0 aliphatic carbocycles. The fourth-order valence-electron chi connectivity index (χ4n) is 3.28. The smallest absolute Gasteiger partial charge is 0.240 e. The van der Waals surface area contributed by atoms with E-state index in [4.69, 9.17) is 5.73 Å². The van der Waals surface area contributed by atoms with E-state index in [-0.39, 0.29) is 33.1 Å². The van der Waals surface area contributed by atoms with Crippen LogP contribution in [0, 0.1) is 17.5 Å². The normalized spacial score (nSPS) is 11.4. The second-order valence-corrected chi connectivity index (χ2v) is 10.3. The summed E-state index contributed by atoms with van der Waals surface area (Å²) in [6.45, 7) is 0.131. The van der Waals surface area contributed by atoms with Crippen LogP contribution in [0.5, 0.6) is 0 Å². The van der Waals surface area contributed by atoms with Gasteiger partial charge in [-0.3, -0.25) is 4.79 Å². The Morgan fingerprint density at radius 1 is 0.944 bits per heavy atom. The van der Waals surface area contributed by atoms with Crippen LogP contribution in [0.1, 0.15) is 20.8 Å². The number of rotatable bonds is 9. The molecule has 0 spiro atoms. The molecule has 0 amide bonds. The van der Waals surface area contributed by atoms with E-state index in [1.165, 1.54) is 36.4 Å². The lowest BCUT2D eigenvalue weighted by Gasteiger charge is -2.08. The number of nitrogen functional groups attached to an aromatic ring is 1. The minimum absolute atomic E-state index is 0.0247. The molecule has 0 bridgehead atoms. The predicted molar refractivity (Wildman–Crippen MR) is 131 cm³/mol. The Balaban J connectivity index is 1.41. The Kier molecular flexibility index (Phi) is 7.38. The summed E-state index contributed by atoms with van der Waals surface area (Å²) in [7, 11) is -3.78. The van der Waals surface area contributed by atoms with E-state index in [2.05, 4.69) is 15.0 Å². The summed E-state index contributed by atoms with van der Waals surface area (Å²) in [6, 6.07) is 14.6. The van der Waals surface area contributed by atoms with Gasteiger partial charge in [-0.1, -0.05) is 29.5 Å². The Morgan fingerprint density at radius 2 is 1.58 bits per heavy atom. The maximum absolute atomic E-state index is 14.0.